The zero-order valence-corrected chi connectivity index (χ0v) is 12.0. The third-order valence-electron chi connectivity index (χ3n) is 2.45. The van der Waals surface area contributed by atoms with Crippen LogP contribution in [-0.2, 0) is 14.8 Å². The predicted octanol–water partition coefficient (Wildman–Crippen LogP) is 1.94. The molecule has 0 unspecified atom stereocenters. The van der Waals surface area contributed by atoms with Gasteiger partial charge in [-0.05, 0) is 24.6 Å². The monoisotopic (exact) mass is 285 g/mol. The highest BCUT2D eigenvalue weighted by Crippen LogP contribution is 2.12. The lowest BCUT2D eigenvalue weighted by atomic mass is 10.2. The molecule has 1 aromatic carbocycles. The van der Waals surface area contributed by atoms with Crippen LogP contribution in [0.1, 0.15) is 37.0 Å². The Morgan fingerprint density at radius 2 is 2.05 bits per heavy atom. The van der Waals surface area contributed by atoms with Gasteiger partial charge in [0.05, 0.1) is 17.1 Å². The lowest BCUT2D eigenvalue weighted by molar-refractivity contribution is 0.0499. The van der Waals surface area contributed by atoms with Crippen LogP contribution in [0.5, 0.6) is 0 Å². The summed E-state index contributed by atoms with van der Waals surface area (Å²) in [5.41, 5.74) is 0.245. The fraction of sp³-hybridized carbons (Fsp3) is 0.462. The molecular weight excluding hydrogens is 266 g/mol. The van der Waals surface area contributed by atoms with Gasteiger partial charge in [0, 0.05) is 6.54 Å². The van der Waals surface area contributed by atoms with Crippen molar-refractivity contribution in [1.82, 2.24) is 4.72 Å². The van der Waals surface area contributed by atoms with E-state index in [4.69, 9.17) is 4.74 Å². The number of carbonyl (C=O) groups excluding carboxylic acids is 1. The second kappa shape index (κ2) is 7.25. The molecule has 0 heterocycles. The highest BCUT2D eigenvalue weighted by Gasteiger charge is 2.15. The summed E-state index contributed by atoms with van der Waals surface area (Å²) in [6.07, 6.45) is 1.73. The molecule has 0 saturated carbocycles. The van der Waals surface area contributed by atoms with Crippen LogP contribution in [0.2, 0.25) is 0 Å². The minimum atomic E-state index is -3.55. The second-order valence-electron chi connectivity index (χ2n) is 4.02. The molecule has 106 valence electrons. The fourth-order valence-electron chi connectivity index (χ4n) is 1.46. The first-order chi connectivity index (χ1) is 9.01. The summed E-state index contributed by atoms with van der Waals surface area (Å²) < 4.78 is 31.0. The summed E-state index contributed by atoms with van der Waals surface area (Å²) in [7, 11) is -3.55. The largest absolute Gasteiger partial charge is 0.462 e. The summed E-state index contributed by atoms with van der Waals surface area (Å²) in [4.78, 5) is 11.8. The van der Waals surface area contributed by atoms with E-state index in [0.717, 1.165) is 12.8 Å². The molecule has 0 spiro atoms. The van der Waals surface area contributed by atoms with Crippen molar-refractivity contribution < 1.29 is 17.9 Å². The molecule has 0 fully saturated rings. The third kappa shape index (κ3) is 4.65. The van der Waals surface area contributed by atoms with Crippen molar-refractivity contribution in [3.63, 3.8) is 0 Å². The molecule has 0 radical (unpaired) electrons. The maximum absolute atomic E-state index is 11.8. The highest BCUT2D eigenvalue weighted by molar-refractivity contribution is 7.89. The molecule has 1 rings (SSSR count). The number of rotatable bonds is 7. The van der Waals surface area contributed by atoms with E-state index in [1.165, 1.54) is 18.2 Å². The predicted molar refractivity (Wildman–Crippen MR) is 72.5 cm³/mol. The van der Waals surface area contributed by atoms with Crippen LogP contribution in [0.3, 0.4) is 0 Å². The summed E-state index contributed by atoms with van der Waals surface area (Å²) >= 11 is 0. The lowest BCUT2D eigenvalue weighted by Gasteiger charge is -2.07. The molecular formula is C13H19NO4S. The number of sulfonamides is 1. The number of ether oxygens (including phenoxy) is 1. The van der Waals surface area contributed by atoms with Crippen LogP contribution in [-0.4, -0.2) is 27.5 Å². The third-order valence-corrected chi connectivity index (χ3v) is 3.99. The van der Waals surface area contributed by atoms with Gasteiger partial charge in [-0.15, -0.1) is 0 Å². The quantitative estimate of drug-likeness (QED) is 0.614. The van der Waals surface area contributed by atoms with Crippen LogP contribution in [0.25, 0.3) is 0 Å². The molecule has 19 heavy (non-hydrogen) atoms. The van der Waals surface area contributed by atoms with Crippen molar-refractivity contribution in [3.05, 3.63) is 29.8 Å². The highest BCUT2D eigenvalue weighted by atomic mass is 32.2. The fourth-order valence-corrected chi connectivity index (χ4v) is 2.54. The zero-order valence-electron chi connectivity index (χ0n) is 11.2. The zero-order chi connectivity index (χ0) is 14.3. The van der Waals surface area contributed by atoms with Crippen LogP contribution < -0.4 is 4.72 Å². The number of benzene rings is 1. The molecule has 1 aromatic rings. The molecule has 0 bridgehead atoms. The van der Waals surface area contributed by atoms with Gasteiger partial charge in [-0.1, -0.05) is 26.3 Å². The van der Waals surface area contributed by atoms with E-state index in [1.54, 1.807) is 13.0 Å². The summed E-state index contributed by atoms with van der Waals surface area (Å²) in [5, 5.41) is 0. The molecule has 0 saturated heterocycles. The standard InChI is InChI=1S/C13H19NO4S/c1-3-5-9-18-13(15)11-7-6-8-12(10-11)19(16,17)14-4-2/h6-8,10,14H,3-5,9H2,1-2H3. The topological polar surface area (TPSA) is 72.5 Å². The van der Waals surface area contributed by atoms with E-state index >= 15 is 0 Å². The number of carbonyl (C=O) groups is 1. The molecule has 0 aliphatic rings. The number of hydrogen-bond acceptors (Lipinski definition) is 4. The van der Waals surface area contributed by atoms with Crippen molar-refractivity contribution in [2.75, 3.05) is 13.2 Å². The normalized spacial score (nSPS) is 11.3. The van der Waals surface area contributed by atoms with Gasteiger partial charge < -0.3 is 4.74 Å². The average molecular weight is 285 g/mol. The molecule has 0 atom stereocenters. The maximum Gasteiger partial charge on any atom is 0.338 e. The molecule has 0 aliphatic heterocycles. The Morgan fingerprint density at radius 1 is 1.32 bits per heavy atom. The number of unbranched alkanes of at least 4 members (excludes halogenated alkanes) is 1. The van der Waals surface area contributed by atoms with Crippen molar-refractivity contribution in [2.24, 2.45) is 0 Å². The Morgan fingerprint density at radius 3 is 2.68 bits per heavy atom. The molecule has 0 aromatic heterocycles. The Balaban J connectivity index is 2.85. The van der Waals surface area contributed by atoms with E-state index in [-0.39, 0.29) is 10.5 Å². The smallest absolute Gasteiger partial charge is 0.338 e. The van der Waals surface area contributed by atoms with Crippen molar-refractivity contribution in [1.29, 1.82) is 0 Å². The number of nitrogens with one attached hydrogen (secondary N) is 1. The van der Waals surface area contributed by atoms with Crippen molar-refractivity contribution in [3.8, 4) is 0 Å². The Hall–Kier alpha value is -1.40. The Labute approximate surface area is 114 Å². The van der Waals surface area contributed by atoms with E-state index in [9.17, 15) is 13.2 Å². The van der Waals surface area contributed by atoms with Crippen molar-refractivity contribution >= 4 is 16.0 Å². The Bertz CT molecular complexity index is 525. The average Bonchev–Trinajstić information content (AvgIpc) is 2.39. The minimum absolute atomic E-state index is 0.0688. The number of hydrogen-bond donors (Lipinski definition) is 1. The van der Waals surface area contributed by atoms with E-state index in [1.807, 2.05) is 6.92 Å². The molecule has 6 heteroatoms. The molecule has 0 aliphatic carbocycles. The second-order valence-corrected chi connectivity index (χ2v) is 5.79. The van der Waals surface area contributed by atoms with E-state index < -0.39 is 16.0 Å². The summed E-state index contributed by atoms with van der Waals surface area (Å²) in [6.45, 7) is 4.34. The van der Waals surface area contributed by atoms with Gasteiger partial charge in [-0.2, -0.15) is 0 Å². The SMILES string of the molecule is CCCCOC(=O)c1cccc(S(=O)(=O)NCC)c1. The van der Waals surface area contributed by atoms with Gasteiger partial charge in [-0.25, -0.2) is 17.9 Å². The minimum Gasteiger partial charge on any atom is -0.462 e. The van der Waals surface area contributed by atoms with Gasteiger partial charge in [0.2, 0.25) is 10.0 Å². The van der Waals surface area contributed by atoms with Gasteiger partial charge >= 0.3 is 5.97 Å². The van der Waals surface area contributed by atoms with E-state index in [2.05, 4.69) is 4.72 Å². The lowest BCUT2D eigenvalue weighted by Crippen LogP contribution is -2.23. The van der Waals surface area contributed by atoms with Gasteiger partial charge in [0.1, 0.15) is 0 Å². The Kier molecular flexibility index (Phi) is 5.98. The van der Waals surface area contributed by atoms with Gasteiger partial charge in [0.25, 0.3) is 0 Å². The van der Waals surface area contributed by atoms with Crippen LogP contribution in [0.15, 0.2) is 29.2 Å². The van der Waals surface area contributed by atoms with E-state index in [0.29, 0.717) is 13.2 Å². The summed E-state index contributed by atoms with van der Waals surface area (Å²) in [6, 6.07) is 5.84. The first-order valence-corrected chi connectivity index (χ1v) is 7.76. The summed E-state index contributed by atoms with van der Waals surface area (Å²) in [5.74, 6) is -0.498. The number of esters is 1. The molecule has 5 nitrogen and oxygen atoms in total. The molecule has 1 N–H and O–H groups in total. The first-order valence-electron chi connectivity index (χ1n) is 6.28. The first kappa shape index (κ1) is 15.7. The molecule has 0 amide bonds. The van der Waals surface area contributed by atoms with Crippen LogP contribution >= 0.6 is 0 Å². The maximum atomic E-state index is 11.8. The van der Waals surface area contributed by atoms with Crippen molar-refractivity contribution in [2.45, 2.75) is 31.6 Å². The van der Waals surface area contributed by atoms with Crippen LogP contribution in [0, 0.1) is 0 Å². The van der Waals surface area contributed by atoms with Gasteiger partial charge in [0.15, 0.2) is 0 Å². The van der Waals surface area contributed by atoms with Crippen LogP contribution in [0.4, 0.5) is 0 Å². The van der Waals surface area contributed by atoms with Gasteiger partial charge in [-0.3, -0.25) is 0 Å².